The second-order valence-electron chi connectivity index (χ2n) is 9.62. The Balaban J connectivity index is 0.000000162. The Morgan fingerprint density at radius 2 is 1.12 bits per heavy atom. The highest BCUT2D eigenvalue weighted by Gasteiger charge is 2.10. The van der Waals surface area contributed by atoms with Crippen LogP contribution in [-0.4, -0.2) is 30.4 Å². The molecule has 7 aromatic rings. The maximum atomic E-state index is 5.95. The van der Waals surface area contributed by atoms with E-state index in [9.17, 15) is 0 Å². The molecule has 0 aliphatic heterocycles. The lowest BCUT2D eigenvalue weighted by Crippen LogP contribution is -2.02. The molecule has 0 unspecified atom stereocenters. The Morgan fingerprint density at radius 3 is 1.79 bits per heavy atom. The summed E-state index contributed by atoms with van der Waals surface area (Å²) in [6.07, 6.45) is 10.5. The first-order chi connectivity index (χ1) is 20.7. The van der Waals surface area contributed by atoms with Gasteiger partial charge in [-0.05, 0) is 59.7 Å². The van der Waals surface area contributed by atoms with Crippen molar-refractivity contribution < 1.29 is 0 Å². The van der Waals surface area contributed by atoms with Gasteiger partial charge in [0.1, 0.15) is 0 Å². The summed E-state index contributed by atoms with van der Waals surface area (Å²) >= 11 is 5.95. The lowest BCUT2D eigenvalue weighted by atomic mass is 10.0. The minimum atomic E-state index is 0.703. The van der Waals surface area contributed by atoms with Gasteiger partial charge in [-0.2, -0.15) is 15.3 Å². The van der Waals surface area contributed by atoms with Crippen molar-refractivity contribution in [2.24, 2.45) is 0 Å². The number of benzene rings is 3. The van der Waals surface area contributed by atoms with Crippen LogP contribution in [0.3, 0.4) is 0 Å². The average Bonchev–Trinajstić information content (AvgIpc) is 3.05. The Morgan fingerprint density at radius 1 is 0.548 bits per heavy atom. The fraction of sp³-hybridized carbons (Fsp3) is 0.0588. The van der Waals surface area contributed by atoms with Gasteiger partial charge in [0, 0.05) is 69.9 Å². The van der Waals surface area contributed by atoms with Crippen molar-refractivity contribution in [3.63, 3.8) is 0 Å². The number of pyridine rings is 2. The number of hydrogen-bond donors (Lipinski definition) is 1. The van der Waals surface area contributed by atoms with Crippen LogP contribution in [0.2, 0.25) is 5.02 Å². The number of hydrogen-bond acceptors (Lipinski definition) is 7. The van der Waals surface area contributed by atoms with E-state index in [2.05, 4.69) is 59.9 Å². The molecule has 0 atom stereocenters. The first-order valence-corrected chi connectivity index (χ1v) is 13.8. The minimum Gasteiger partial charge on any atom is -0.338 e. The molecule has 3 aromatic carbocycles. The zero-order chi connectivity index (χ0) is 28.6. The largest absolute Gasteiger partial charge is 0.338 e. The van der Waals surface area contributed by atoms with E-state index in [1.54, 1.807) is 31.0 Å². The van der Waals surface area contributed by atoms with Gasteiger partial charge in [0.15, 0.2) is 5.82 Å². The van der Waals surface area contributed by atoms with Gasteiger partial charge in [-0.15, -0.1) is 5.10 Å². The smallest absolute Gasteiger partial charge is 0.160 e. The summed E-state index contributed by atoms with van der Waals surface area (Å²) in [5, 5.41) is 25.6. The molecule has 4 heterocycles. The first kappa shape index (κ1) is 26.9. The summed E-state index contributed by atoms with van der Waals surface area (Å²) in [5.74, 6) is 0.733. The van der Waals surface area contributed by atoms with Gasteiger partial charge in [0.05, 0.1) is 17.6 Å². The highest BCUT2D eigenvalue weighted by Crippen LogP contribution is 2.27. The quantitative estimate of drug-likeness (QED) is 0.221. The van der Waals surface area contributed by atoms with Crippen LogP contribution in [0.4, 0.5) is 11.5 Å². The monoisotopic (exact) mass is 567 g/mol. The van der Waals surface area contributed by atoms with E-state index >= 15 is 0 Å². The molecule has 0 saturated heterocycles. The number of nitrogens with zero attached hydrogens (tertiary/aromatic N) is 6. The molecule has 0 aliphatic carbocycles. The van der Waals surface area contributed by atoms with Gasteiger partial charge < -0.3 is 5.32 Å². The molecule has 8 heteroatoms. The Hall–Kier alpha value is -5.27. The molecule has 0 fully saturated rings. The third-order valence-corrected chi connectivity index (χ3v) is 7.01. The van der Waals surface area contributed by atoms with Gasteiger partial charge in [0.25, 0.3) is 0 Å². The number of anilines is 2. The standard InChI is InChI=1S/C20H15ClN4.C14H11N3/c21-15-5-7-16(8-6-15)23-20-18-4-2-1-3-17(18)19(24-25-20)13-14-9-11-22-12-10-14;1-2-4-13-12(3-1)10-16-17-14(13)9-11-5-7-15-8-6-11/h1-12H,13H2,(H,23,25);1-8,10H,9H2. The molecule has 1 N–H and O–H groups in total. The number of rotatable bonds is 6. The van der Waals surface area contributed by atoms with Crippen LogP contribution in [0.1, 0.15) is 22.5 Å². The van der Waals surface area contributed by atoms with E-state index in [1.165, 1.54) is 10.9 Å². The summed E-state index contributed by atoms with van der Waals surface area (Å²) in [6, 6.07) is 31.9. The summed E-state index contributed by atoms with van der Waals surface area (Å²) < 4.78 is 0. The molecule has 7 rings (SSSR count). The summed E-state index contributed by atoms with van der Waals surface area (Å²) in [6.45, 7) is 0. The van der Waals surface area contributed by atoms with Gasteiger partial charge in [-0.1, -0.05) is 60.1 Å². The molecule has 0 radical (unpaired) electrons. The second-order valence-corrected chi connectivity index (χ2v) is 10.1. The number of halogens is 1. The third kappa shape index (κ3) is 6.54. The van der Waals surface area contributed by atoms with E-state index in [0.29, 0.717) is 5.02 Å². The van der Waals surface area contributed by atoms with Crippen LogP contribution in [0.25, 0.3) is 21.5 Å². The van der Waals surface area contributed by atoms with Crippen LogP contribution < -0.4 is 5.32 Å². The first-order valence-electron chi connectivity index (χ1n) is 13.5. The zero-order valence-electron chi connectivity index (χ0n) is 22.6. The molecule has 0 amide bonds. The predicted octanol–water partition coefficient (Wildman–Crippen LogP) is 7.63. The lowest BCUT2D eigenvalue weighted by molar-refractivity contribution is 0.956. The van der Waals surface area contributed by atoms with E-state index in [0.717, 1.165) is 57.5 Å². The highest BCUT2D eigenvalue weighted by atomic mass is 35.5. The fourth-order valence-corrected chi connectivity index (χ4v) is 4.78. The summed E-state index contributed by atoms with van der Waals surface area (Å²) in [4.78, 5) is 8.07. The van der Waals surface area contributed by atoms with Gasteiger partial charge in [-0.25, -0.2) is 0 Å². The van der Waals surface area contributed by atoms with Crippen LogP contribution in [0.15, 0.2) is 128 Å². The van der Waals surface area contributed by atoms with Crippen molar-refractivity contribution in [2.45, 2.75) is 12.8 Å². The normalized spacial score (nSPS) is 10.7. The Labute approximate surface area is 248 Å². The Kier molecular flexibility index (Phi) is 8.29. The third-order valence-electron chi connectivity index (χ3n) is 6.76. The summed E-state index contributed by atoms with van der Waals surface area (Å²) in [5.41, 5.74) is 5.24. The molecule has 0 bridgehead atoms. The Bertz CT molecular complexity index is 1910. The minimum absolute atomic E-state index is 0.703. The predicted molar refractivity (Wildman–Crippen MR) is 168 cm³/mol. The molecule has 4 aromatic heterocycles. The molecule has 42 heavy (non-hydrogen) atoms. The number of nitrogens with one attached hydrogen (secondary N) is 1. The second kappa shape index (κ2) is 12.9. The van der Waals surface area contributed by atoms with Crippen LogP contribution in [-0.2, 0) is 12.8 Å². The van der Waals surface area contributed by atoms with Crippen LogP contribution in [0.5, 0.6) is 0 Å². The van der Waals surface area contributed by atoms with Crippen molar-refractivity contribution in [3.05, 3.63) is 156 Å². The van der Waals surface area contributed by atoms with Crippen molar-refractivity contribution in [1.29, 1.82) is 0 Å². The van der Waals surface area contributed by atoms with Crippen molar-refractivity contribution in [1.82, 2.24) is 30.4 Å². The molecular weight excluding hydrogens is 542 g/mol. The van der Waals surface area contributed by atoms with Gasteiger partial charge in [0.2, 0.25) is 0 Å². The average molecular weight is 568 g/mol. The fourth-order valence-electron chi connectivity index (χ4n) is 4.66. The van der Waals surface area contributed by atoms with E-state index in [1.807, 2.05) is 72.8 Å². The van der Waals surface area contributed by atoms with Gasteiger partial charge in [-0.3, -0.25) is 9.97 Å². The van der Waals surface area contributed by atoms with Crippen molar-refractivity contribution >= 4 is 44.7 Å². The molecule has 0 spiro atoms. The van der Waals surface area contributed by atoms with Crippen molar-refractivity contribution in [2.75, 3.05) is 5.32 Å². The summed E-state index contributed by atoms with van der Waals surface area (Å²) in [7, 11) is 0. The zero-order valence-corrected chi connectivity index (χ0v) is 23.4. The molecule has 0 aliphatic rings. The number of fused-ring (bicyclic) bond motifs is 2. The van der Waals surface area contributed by atoms with E-state index in [-0.39, 0.29) is 0 Å². The maximum Gasteiger partial charge on any atom is 0.160 e. The van der Waals surface area contributed by atoms with E-state index < -0.39 is 0 Å². The SMILES string of the molecule is Clc1ccc(Nc2nnc(Cc3ccncc3)c3ccccc23)cc1.c1ccc2c(Cc3ccncc3)nncc2c1. The topological polar surface area (TPSA) is 89.4 Å². The molecule has 204 valence electrons. The highest BCUT2D eigenvalue weighted by molar-refractivity contribution is 6.30. The number of aromatic nitrogens is 6. The molecular formula is C34H26ClN7. The van der Waals surface area contributed by atoms with Crippen LogP contribution in [0, 0.1) is 0 Å². The van der Waals surface area contributed by atoms with Crippen LogP contribution >= 0.6 is 11.6 Å². The molecule has 0 saturated carbocycles. The molecule has 7 nitrogen and oxygen atoms in total. The lowest BCUT2D eigenvalue weighted by Gasteiger charge is -2.11. The van der Waals surface area contributed by atoms with E-state index in [4.69, 9.17) is 11.6 Å². The maximum absolute atomic E-state index is 5.95. The van der Waals surface area contributed by atoms with Gasteiger partial charge >= 0.3 is 0 Å². The van der Waals surface area contributed by atoms with Crippen molar-refractivity contribution in [3.8, 4) is 0 Å².